The van der Waals surface area contributed by atoms with Crippen molar-refractivity contribution >= 4 is 16.9 Å². The quantitative estimate of drug-likeness (QED) is 0.718. The van der Waals surface area contributed by atoms with Crippen LogP contribution in [0.25, 0.3) is 11.0 Å². The Hall–Kier alpha value is -2.87. The second-order valence-corrected chi connectivity index (χ2v) is 7.17. The molecule has 0 aliphatic carbocycles. The molecule has 0 bridgehead atoms. The van der Waals surface area contributed by atoms with Gasteiger partial charge in [0.1, 0.15) is 5.82 Å². The highest BCUT2D eigenvalue weighted by molar-refractivity contribution is 5.97. The molecular formula is C21H21F3N4O. The predicted molar refractivity (Wildman–Crippen MR) is 103 cm³/mol. The van der Waals surface area contributed by atoms with Crippen LogP contribution in [0.3, 0.4) is 0 Å². The number of rotatable bonds is 4. The molecule has 1 N–H and O–H groups in total. The van der Waals surface area contributed by atoms with Gasteiger partial charge in [-0.15, -0.1) is 0 Å². The van der Waals surface area contributed by atoms with E-state index in [1.54, 1.807) is 35.2 Å². The molecule has 8 heteroatoms. The van der Waals surface area contributed by atoms with Crippen LogP contribution in [0.4, 0.5) is 13.2 Å². The number of halogens is 3. The summed E-state index contributed by atoms with van der Waals surface area (Å²) in [5, 5.41) is 0. The Bertz CT molecular complexity index is 1020. The zero-order valence-corrected chi connectivity index (χ0v) is 15.7. The largest absolute Gasteiger partial charge is 0.337 e. The van der Waals surface area contributed by atoms with Gasteiger partial charge in [0.15, 0.2) is 5.82 Å². The molecule has 1 aliphatic heterocycles. The highest BCUT2D eigenvalue weighted by atomic mass is 19.3. The summed E-state index contributed by atoms with van der Waals surface area (Å²) in [5.74, 6) is -0.767. The third kappa shape index (κ3) is 4.27. The van der Waals surface area contributed by atoms with Gasteiger partial charge in [0.25, 0.3) is 12.3 Å². The number of fused-ring (bicyclic) bond motifs is 1. The van der Waals surface area contributed by atoms with E-state index in [9.17, 15) is 18.0 Å². The van der Waals surface area contributed by atoms with Gasteiger partial charge >= 0.3 is 0 Å². The Morgan fingerprint density at radius 3 is 2.72 bits per heavy atom. The molecule has 1 fully saturated rings. The van der Waals surface area contributed by atoms with Crippen LogP contribution < -0.4 is 0 Å². The van der Waals surface area contributed by atoms with Gasteiger partial charge in [0.05, 0.1) is 11.0 Å². The fourth-order valence-electron chi connectivity index (χ4n) is 3.65. The zero-order chi connectivity index (χ0) is 20.4. The van der Waals surface area contributed by atoms with Crippen molar-refractivity contribution in [3.8, 4) is 0 Å². The number of nitrogens with zero attached hydrogens (tertiary/aromatic N) is 3. The average molecular weight is 402 g/mol. The summed E-state index contributed by atoms with van der Waals surface area (Å²) in [7, 11) is 0. The van der Waals surface area contributed by atoms with E-state index in [1.807, 2.05) is 6.07 Å². The average Bonchev–Trinajstić information content (AvgIpc) is 3.01. The number of hydrogen-bond donors (Lipinski definition) is 1. The van der Waals surface area contributed by atoms with E-state index < -0.39 is 12.2 Å². The molecule has 1 aromatic heterocycles. The maximum Gasteiger partial charge on any atom is 0.295 e. The van der Waals surface area contributed by atoms with Crippen molar-refractivity contribution in [2.24, 2.45) is 0 Å². The van der Waals surface area contributed by atoms with Crippen LogP contribution in [0.5, 0.6) is 0 Å². The fourth-order valence-corrected chi connectivity index (χ4v) is 3.65. The molecule has 0 atom stereocenters. The Morgan fingerprint density at radius 2 is 1.93 bits per heavy atom. The van der Waals surface area contributed by atoms with Crippen LogP contribution >= 0.6 is 0 Å². The summed E-state index contributed by atoms with van der Waals surface area (Å²) >= 11 is 0. The van der Waals surface area contributed by atoms with Crippen LogP contribution in [0.1, 0.15) is 34.6 Å². The van der Waals surface area contributed by atoms with Crippen molar-refractivity contribution in [2.75, 3.05) is 26.2 Å². The number of benzene rings is 2. The number of carbonyl (C=O) groups is 1. The molecule has 0 spiro atoms. The monoisotopic (exact) mass is 402 g/mol. The normalized spacial score (nSPS) is 15.8. The second kappa shape index (κ2) is 8.24. The number of imidazole rings is 1. The summed E-state index contributed by atoms with van der Waals surface area (Å²) in [6.07, 6.45) is -1.91. The van der Waals surface area contributed by atoms with Gasteiger partial charge in [0.2, 0.25) is 0 Å². The number of carbonyl (C=O) groups excluding carboxylic acids is 1. The molecule has 0 saturated carbocycles. The lowest BCUT2D eigenvalue weighted by molar-refractivity contribution is 0.0761. The van der Waals surface area contributed by atoms with E-state index in [1.165, 1.54) is 6.07 Å². The zero-order valence-electron chi connectivity index (χ0n) is 15.7. The van der Waals surface area contributed by atoms with Crippen molar-refractivity contribution in [3.05, 3.63) is 65.2 Å². The minimum Gasteiger partial charge on any atom is -0.337 e. The number of aromatic amines is 1. The maximum atomic E-state index is 13.9. The second-order valence-electron chi connectivity index (χ2n) is 7.17. The van der Waals surface area contributed by atoms with Crippen molar-refractivity contribution < 1.29 is 18.0 Å². The van der Waals surface area contributed by atoms with E-state index in [-0.39, 0.29) is 11.7 Å². The molecule has 0 radical (unpaired) electrons. The van der Waals surface area contributed by atoms with E-state index in [0.717, 1.165) is 13.0 Å². The van der Waals surface area contributed by atoms with Gasteiger partial charge in [-0.1, -0.05) is 18.2 Å². The molecule has 3 aromatic rings. The lowest BCUT2D eigenvalue weighted by atomic mass is 10.1. The Balaban J connectivity index is 1.44. The highest BCUT2D eigenvalue weighted by Crippen LogP contribution is 2.21. The molecule has 4 rings (SSSR count). The van der Waals surface area contributed by atoms with Crippen molar-refractivity contribution in [3.63, 3.8) is 0 Å². The molecule has 1 saturated heterocycles. The first kappa shape index (κ1) is 19.4. The van der Waals surface area contributed by atoms with Gasteiger partial charge in [-0.05, 0) is 30.7 Å². The van der Waals surface area contributed by atoms with Crippen molar-refractivity contribution in [2.45, 2.75) is 19.4 Å². The third-order valence-electron chi connectivity index (χ3n) is 5.18. The number of hydrogen-bond acceptors (Lipinski definition) is 3. The van der Waals surface area contributed by atoms with Crippen LogP contribution in [0, 0.1) is 5.82 Å². The number of nitrogens with one attached hydrogen (secondary N) is 1. The summed E-state index contributed by atoms with van der Waals surface area (Å²) in [4.78, 5) is 23.2. The van der Waals surface area contributed by atoms with Crippen molar-refractivity contribution in [1.29, 1.82) is 0 Å². The number of aromatic nitrogens is 2. The maximum absolute atomic E-state index is 13.9. The molecule has 5 nitrogen and oxygen atoms in total. The Labute approximate surface area is 166 Å². The topological polar surface area (TPSA) is 52.2 Å². The Morgan fingerprint density at radius 1 is 1.10 bits per heavy atom. The van der Waals surface area contributed by atoms with Crippen LogP contribution in [-0.4, -0.2) is 51.9 Å². The Kier molecular flexibility index (Phi) is 5.53. The fraction of sp³-hybridized carbons (Fsp3) is 0.333. The molecule has 2 heterocycles. The molecule has 0 unspecified atom stereocenters. The minimum atomic E-state index is -2.69. The smallest absolute Gasteiger partial charge is 0.295 e. The van der Waals surface area contributed by atoms with E-state index in [0.29, 0.717) is 48.3 Å². The van der Waals surface area contributed by atoms with Gasteiger partial charge in [-0.2, -0.15) is 0 Å². The molecule has 29 heavy (non-hydrogen) atoms. The number of amides is 1. The highest BCUT2D eigenvalue weighted by Gasteiger charge is 2.22. The van der Waals surface area contributed by atoms with Gasteiger partial charge < -0.3 is 9.88 Å². The van der Waals surface area contributed by atoms with Gasteiger partial charge in [0, 0.05) is 43.9 Å². The van der Waals surface area contributed by atoms with Gasteiger partial charge in [-0.3, -0.25) is 9.69 Å². The first-order valence-electron chi connectivity index (χ1n) is 9.54. The van der Waals surface area contributed by atoms with E-state index in [2.05, 4.69) is 14.9 Å². The third-order valence-corrected chi connectivity index (χ3v) is 5.18. The lowest BCUT2D eigenvalue weighted by Crippen LogP contribution is -2.35. The molecule has 2 aromatic carbocycles. The predicted octanol–water partition coefficient (Wildman–Crippen LogP) is 3.99. The lowest BCUT2D eigenvalue weighted by Gasteiger charge is -2.22. The summed E-state index contributed by atoms with van der Waals surface area (Å²) < 4.78 is 39.5. The van der Waals surface area contributed by atoms with E-state index in [4.69, 9.17) is 0 Å². The summed E-state index contributed by atoms with van der Waals surface area (Å²) in [6.45, 7) is 3.04. The summed E-state index contributed by atoms with van der Waals surface area (Å²) in [6, 6.07) is 11.5. The summed E-state index contributed by atoms with van der Waals surface area (Å²) in [5.41, 5.74) is 1.90. The minimum absolute atomic E-state index is 0.146. The van der Waals surface area contributed by atoms with Crippen LogP contribution in [0.2, 0.25) is 0 Å². The van der Waals surface area contributed by atoms with E-state index >= 15 is 0 Å². The van der Waals surface area contributed by atoms with Crippen molar-refractivity contribution in [1.82, 2.24) is 19.8 Å². The SMILES string of the molecule is O=C(c1ccc2nc(C(F)F)[nH]c2c1)N1CCCN(Cc2ccccc2F)CC1. The number of alkyl halides is 2. The molecular weight excluding hydrogens is 381 g/mol. The number of H-pyrrole nitrogens is 1. The first-order chi connectivity index (χ1) is 14.0. The van der Waals surface area contributed by atoms with Gasteiger partial charge in [-0.25, -0.2) is 18.2 Å². The molecule has 1 aliphatic rings. The van der Waals surface area contributed by atoms with Crippen LogP contribution in [0.15, 0.2) is 42.5 Å². The molecule has 152 valence electrons. The van der Waals surface area contributed by atoms with Crippen LogP contribution in [-0.2, 0) is 6.54 Å². The standard InChI is InChI=1S/C21H21F3N4O/c22-16-5-2-1-4-15(16)13-27-8-3-9-28(11-10-27)21(29)14-6-7-17-18(12-14)26-20(25-17)19(23)24/h1-2,4-7,12,19H,3,8-11,13H2,(H,25,26). The first-order valence-corrected chi connectivity index (χ1v) is 9.54. The molecule has 1 amide bonds.